The van der Waals surface area contributed by atoms with Gasteiger partial charge in [-0.05, 0) is 17.7 Å². The average molecular weight is 305 g/mol. The van der Waals surface area contributed by atoms with E-state index in [9.17, 15) is 4.79 Å². The Bertz CT molecular complexity index is 620. The molecule has 3 rings (SSSR count). The maximum absolute atomic E-state index is 12.1. The minimum Gasteiger partial charge on any atom is -0.321 e. The number of rotatable bonds is 3. The van der Waals surface area contributed by atoms with Gasteiger partial charge in [0, 0.05) is 29.5 Å². The van der Waals surface area contributed by atoms with Gasteiger partial charge in [0.05, 0.1) is 5.75 Å². The van der Waals surface area contributed by atoms with Crippen LogP contribution in [-0.2, 0) is 11.3 Å². The van der Waals surface area contributed by atoms with Crippen LogP contribution in [0.25, 0.3) is 0 Å². The van der Waals surface area contributed by atoms with E-state index in [1.165, 1.54) is 0 Å². The molecule has 1 amide bonds. The summed E-state index contributed by atoms with van der Waals surface area (Å²) in [5.41, 5.74) is 2.02. The first-order chi connectivity index (χ1) is 9.75. The molecule has 1 fully saturated rings. The average Bonchev–Trinajstić information content (AvgIpc) is 2.82. The lowest BCUT2D eigenvalue weighted by Crippen LogP contribution is -2.27. The Balaban J connectivity index is 1.88. The third kappa shape index (κ3) is 2.67. The largest absolute Gasteiger partial charge is 0.321 e. The number of amides is 1. The van der Waals surface area contributed by atoms with Crippen LogP contribution in [0.3, 0.4) is 0 Å². The van der Waals surface area contributed by atoms with E-state index < -0.39 is 0 Å². The highest BCUT2D eigenvalue weighted by Gasteiger charge is 2.33. The molecule has 1 aliphatic heterocycles. The summed E-state index contributed by atoms with van der Waals surface area (Å²) in [6, 6.07) is 11.6. The molecule has 1 aliphatic rings. The number of pyridine rings is 1. The molecular formula is C15H13ClN2OS. The van der Waals surface area contributed by atoms with E-state index in [0.29, 0.717) is 17.3 Å². The second-order valence-electron chi connectivity index (χ2n) is 4.57. The quantitative estimate of drug-likeness (QED) is 0.870. The molecule has 102 valence electrons. The van der Waals surface area contributed by atoms with Crippen LogP contribution in [0, 0.1) is 0 Å². The number of thioether (sulfide) groups is 1. The molecule has 1 unspecified atom stereocenters. The van der Waals surface area contributed by atoms with Crippen LogP contribution < -0.4 is 0 Å². The molecule has 1 atom stereocenters. The zero-order valence-electron chi connectivity index (χ0n) is 10.7. The lowest BCUT2D eigenvalue weighted by atomic mass is 10.2. The molecule has 2 heterocycles. The lowest BCUT2D eigenvalue weighted by Gasteiger charge is -2.24. The molecule has 2 aromatic rings. The molecule has 0 saturated carbocycles. The SMILES string of the molecule is O=C1CSC(c2ccccc2Cl)N1Cc1cccnc1. The number of carbonyl (C=O) groups is 1. The Morgan fingerprint density at radius 3 is 2.90 bits per heavy atom. The third-order valence-corrected chi connectivity index (χ3v) is 4.80. The van der Waals surface area contributed by atoms with E-state index >= 15 is 0 Å². The normalized spacial score (nSPS) is 18.6. The van der Waals surface area contributed by atoms with Gasteiger partial charge < -0.3 is 4.90 Å². The molecule has 1 aromatic heterocycles. The highest BCUT2D eigenvalue weighted by molar-refractivity contribution is 8.00. The van der Waals surface area contributed by atoms with Crippen LogP contribution in [0.2, 0.25) is 5.02 Å². The maximum atomic E-state index is 12.1. The molecule has 5 heteroatoms. The Kier molecular flexibility index (Phi) is 3.94. The van der Waals surface area contributed by atoms with Gasteiger partial charge in [0.1, 0.15) is 5.37 Å². The van der Waals surface area contributed by atoms with Crippen molar-refractivity contribution in [2.45, 2.75) is 11.9 Å². The fourth-order valence-electron chi connectivity index (χ4n) is 2.25. The molecule has 0 spiro atoms. The zero-order valence-corrected chi connectivity index (χ0v) is 12.3. The monoisotopic (exact) mass is 304 g/mol. The van der Waals surface area contributed by atoms with Crippen molar-refractivity contribution < 1.29 is 4.79 Å². The summed E-state index contributed by atoms with van der Waals surface area (Å²) in [6.07, 6.45) is 3.52. The van der Waals surface area contributed by atoms with E-state index in [2.05, 4.69) is 4.98 Å². The molecular weight excluding hydrogens is 292 g/mol. The van der Waals surface area contributed by atoms with Gasteiger partial charge in [0.25, 0.3) is 0 Å². The Morgan fingerprint density at radius 2 is 2.15 bits per heavy atom. The van der Waals surface area contributed by atoms with E-state index in [1.54, 1.807) is 24.2 Å². The van der Waals surface area contributed by atoms with E-state index in [0.717, 1.165) is 11.1 Å². The minimum absolute atomic E-state index is 0.0172. The number of hydrogen-bond acceptors (Lipinski definition) is 3. The van der Waals surface area contributed by atoms with Crippen molar-refractivity contribution >= 4 is 29.3 Å². The van der Waals surface area contributed by atoms with Crippen LogP contribution in [0.1, 0.15) is 16.5 Å². The van der Waals surface area contributed by atoms with Crippen molar-refractivity contribution in [3.63, 3.8) is 0 Å². The van der Waals surface area contributed by atoms with Gasteiger partial charge >= 0.3 is 0 Å². The maximum Gasteiger partial charge on any atom is 0.234 e. The predicted octanol–water partition coefficient (Wildman–Crippen LogP) is 3.51. The van der Waals surface area contributed by atoms with Gasteiger partial charge in [0.15, 0.2) is 0 Å². The number of halogens is 1. The third-order valence-electron chi connectivity index (χ3n) is 3.22. The van der Waals surface area contributed by atoms with Crippen LogP contribution in [-0.4, -0.2) is 21.5 Å². The topological polar surface area (TPSA) is 33.2 Å². The lowest BCUT2D eigenvalue weighted by molar-refractivity contribution is -0.128. The van der Waals surface area contributed by atoms with E-state index in [4.69, 9.17) is 11.6 Å². The van der Waals surface area contributed by atoms with Gasteiger partial charge in [-0.2, -0.15) is 0 Å². The van der Waals surface area contributed by atoms with Crippen LogP contribution in [0.15, 0.2) is 48.8 Å². The first-order valence-electron chi connectivity index (χ1n) is 6.30. The summed E-state index contributed by atoms with van der Waals surface area (Å²) in [7, 11) is 0. The molecule has 20 heavy (non-hydrogen) atoms. The summed E-state index contributed by atoms with van der Waals surface area (Å²) in [6.45, 7) is 0.565. The summed E-state index contributed by atoms with van der Waals surface area (Å²) in [5.74, 6) is 0.639. The van der Waals surface area contributed by atoms with Gasteiger partial charge in [-0.15, -0.1) is 11.8 Å². The van der Waals surface area contributed by atoms with Gasteiger partial charge in [-0.1, -0.05) is 35.9 Å². The second kappa shape index (κ2) is 5.85. The van der Waals surface area contributed by atoms with Crippen molar-refractivity contribution in [3.8, 4) is 0 Å². The van der Waals surface area contributed by atoms with E-state index in [1.807, 2.05) is 41.3 Å². The zero-order chi connectivity index (χ0) is 13.9. The number of carbonyl (C=O) groups excluding carboxylic acids is 1. The predicted molar refractivity (Wildman–Crippen MR) is 81.4 cm³/mol. The molecule has 0 bridgehead atoms. The Hall–Kier alpha value is -1.52. The van der Waals surface area contributed by atoms with Crippen molar-refractivity contribution in [1.29, 1.82) is 0 Å². The number of benzene rings is 1. The van der Waals surface area contributed by atoms with Crippen molar-refractivity contribution in [2.24, 2.45) is 0 Å². The van der Waals surface area contributed by atoms with Crippen molar-refractivity contribution in [2.75, 3.05) is 5.75 Å². The summed E-state index contributed by atoms with van der Waals surface area (Å²) in [5, 5.41) is 0.687. The van der Waals surface area contributed by atoms with Crippen LogP contribution >= 0.6 is 23.4 Å². The Morgan fingerprint density at radius 1 is 1.30 bits per heavy atom. The highest BCUT2D eigenvalue weighted by atomic mass is 35.5. The molecule has 3 nitrogen and oxygen atoms in total. The van der Waals surface area contributed by atoms with Crippen LogP contribution in [0.5, 0.6) is 0 Å². The molecule has 0 N–H and O–H groups in total. The summed E-state index contributed by atoms with van der Waals surface area (Å²) < 4.78 is 0. The highest BCUT2D eigenvalue weighted by Crippen LogP contribution is 2.41. The molecule has 0 aliphatic carbocycles. The number of aromatic nitrogens is 1. The summed E-state index contributed by atoms with van der Waals surface area (Å²) in [4.78, 5) is 18.1. The number of nitrogens with zero attached hydrogens (tertiary/aromatic N) is 2. The summed E-state index contributed by atoms with van der Waals surface area (Å²) >= 11 is 7.87. The fourth-order valence-corrected chi connectivity index (χ4v) is 3.77. The first kappa shape index (κ1) is 13.5. The molecule has 1 aromatic carbocycles. The van der Waals surface area contributed by atoms with Gasteiger partial charge in [0.2, 0.25) is 5.91 Å². The first-order valence-corrected chi connectivity index (χ1v) is 7.73. The van der Waals surface area contributed by atoms with E-state index in [-0.39, 0.29) is 11.3 Å². The smallest absolute Gasteiger partial charge is 0.234 e. The molecule has 0 radical (unpaired) electrons. The fraction of sp³-hybridized carbons (Fsp3) is 0.200. The Labute approximate surface area is 127 Å². The standard InChI is InChI=1S/C15H13ClN2OS/c16-13-6-2-1-5-12(13)15-18(14(19)10-20-15)9-11-4-3-7-17-8-11/h1-8,15H,9-10H2. The van der Waals surface area contributed by atoms with Gasteiger partial charge in [-0.3, -0.25) is 9.78 Å². The van der Waals surface area contributed by atoms with Crippen molar-refractivity contribution in [1.82, 2.24) is 9.88 Å². The van der Waals surface area contributed by atoms with Crippen LogP contribution in [0.4, 0.5) is 0 Å². The molecule has 1 saturated heterocycles. The second-order valence-corrected chi connectivity index (χ2v) is 6.04. The van der Waals surface area contributed by atoms with Gasteiger partial charge in [-0.25, -0.2) is 0 Å². The number of hydrogen-bond donors (Lipinski definition) is 0. The van der Waals surface area contributed by atoms with Crippen molar-refractivity contribution in [3.05, 3.63) is 64.9 Å². The minimum atomic E-state index is -0.0172.